The Morgan fingerprint density at radius 3 is 2.58 bits per heavy atom. The summed E-state index contributed by atoms with van der Waals surface area (Å²) in [7, 11) is -2.06. The van der Waals surface area contributed by atoms with Crippen molar-refractivity contribution in [1.29, 1.82) is 0 Å². The average Bonchev–Trinajstić information content (AvgIpc) is 3.05. The van der Waals surface area contributed by atoms with E-state index in [2.05, 4.69) is 10.4 Å². The summed E-state index contributed by atoms with van der Waals surface area (Å²) in [5.74, 6) is 0.538. The molecule has 31 heavy (non-hydrogen) atoms. The molecule has 1 N–H and O–H groups in total. The second-order valence-electron chi connectivity index (χ2n) is 7.37. The van der Waals surface area contributed by atoms with E-state index in [0.29, 0.717) is 25.2 Å². The highest BCUT2D eigenvalue weighted by atomic mass is 32.2. The molecule has 2 heterocycles. The number of fused-ring (bicyclic) bond motifs is 1. The van der Waals surface area contributed by atoms with Gasteiger partial charge < -0.3 is 10.1 Å². The van der Waals surface area contributed by atoms with E-state index in [9.17, 15) is 13.2 Å². The standard InChI is InChI=1S/C22H24N4O4S/c1-16(27)23-18-7-9-21(10-8-18)31(28,29)25-11-4-12-26-19(15-25)14-22(24-26)17-5-3-6-20(13-17)30-2/h3,5-10,13-14H,4,11-12,15H2,1-2H3,(H,23,27). The Hall–Kier alpha value is -3.17. The van der Waals surface area contributed by atoms with E-state index in [1.54, 1.807) is 19.2 Å². The van der Waals surface area contributed by atoms with Gasteiger partial charge in [0, 0.05) is 31.3 Å². The maximum absolute atomic E-state index is 13.2. The fourth-order valence-electron chi connectivity index (χ4n) is 3.62. The topological polar surface area (TPSA) is 93.5 Å². The molecule has 0 saturated carbocycles. The zero-order chi connectivity index (χ0) is 22.0. The number of ether oxygens (including phenoxy) is 1. The van der Waals surface area contributed by atoms with Gasteiger partial charge in [-0.1, -0.05) is 12.1 Å². The molecule has 1 aromatic heterocycles. The van der Waals surface area contributed by atoms with Crippen molar-refractivity contribution < 1.29 is 17.9 Å². The summed E-state index contributed by atoms with van der Waals surface area (Å²) < 4.78 is 35.1. The molecule has 162 valence electrons. The number of anilines is 1. The molecule has 1 aliphatic heterocycles. The highest BCUT2D eigenvalue weighted by Gasteiger charge is 2.28. The maximum atomic E-state index is 13.2. The monoisotopic (exact) mass is 440 g/mol. The molecule has 9 heteroatoms. The van der Waals surface area contributed by atoms with E-state index >= 15 is 0 Å². The van der Waals surface area contributed by atoms with E-state index < -0.39 is 10.0 Å². The van der Waals surface area contributed by atoms with Gasteiger partial charge in [-0.05, 0) is 48.9 Å². The average molecular weight is 441 g/mol. The Morgan fingerprint density at radius 2 is 1.87 bits per heavy atom. The Bertz CT molecular complexity index is 1200. The van der Waals surface area contributed by atoms with Gasteiger partial charge in [0.25, 0.3) is 0 Å². The van der Waals surface area contributed by atoms with Crippen LogP contribution in [0.4, 0.5) is 5.69 Å². The first-order chi connectivity index (χ1) is 14.9. The van der Waals surface area contributed by atoms with Gasteiger partial charge in [-0.15, -0.1) is 0 Å². The number of carbonyl (C=O) groups excluding carboxylic acids is 1. The van der Waals surface area contributed by atoms with E-state index in [1.807, 2.05) is 35.0 Å². The van der Waals surface area contributed by atoms with Gasteiger partial charge in [-0.3, -0.25) is 9.48 Å². The summed E-state index contributed by atoms with van der Waals surface area (Å²) in [6.45, 7) is 2.71. The van der Waals surface area contributed by atoms with Crippen LogP contribution in [-0.2, 0) is 27.9 Å². The minimum Gasteiger partial charge on any atom is -0.497 e. The number of hydrogen-bond acceptors (Lipinski definition) is 5. The number of nitrogens with zero attached hydrogens (tertiary/aromatic N) is 3. The molecule has 0 aliphatic carbocycles. The molecule has 1 amide bonds. The van der Waals surface area contributed by atoms with Crippen LogP contribution >= 0.6 is 0 Å². The molecule has 0 saturated heterocycles. The van der Waals surface area contributed by atoms with Crippen LogP contribution in [-0.4, -0.2) is 42.1 Å². The summed E-state index contributed by atoms with van der Waals surface area (Å²) in [6, 6.07) is 15.8. The number of nitrogens with one attached hydrogen (secondary N) is 1. The molecular formula is C22H24N4O4S. The molecular weight excluding hydrogens is 416 g/mol. The summed E-state index contributed by atoms with van der Waals surface area (Å²) in [6.07, 6.45) is 0.662. The lowest BCUT2D eigenvalue weighted by Gasteiger charge is -2.20. The number of hydrogen-bond donors (Lipinski definition) is 1. The Kier molecular flexibility index (Phi) is 5.79. The highest BCUT2D eigenvalue weighted by molar-refractivity contribution is 7.89. The number of benzene rings is 2. The Balaban J connectivity index is 1.59. The van der Waals surface area contributed by atoms with Crippen LogP contribution in [0.25, 0.3) is 11.3 Å². The Labute approximate surface area is 181 Å². The van der Waals surface area contributed by atoms with Crippen LogP contribution in [0.15, 0.2) is 59.5 Å². The highest BCUT2D eigenvalue weighted by Crippen LogP contribution is 2.27. The van der Waals surface area contributed by atoms with Gasteiger partial charge in [0.15, 0.2) is 0 Å². The number of rotatable bonds is 5. The van der Waals surface area contributed by atoms with Crippen molar-refractivity contribution in [2.45, 2.75) is 31.3 Å². The maximum Gasteiger partial charge on any atom is 0.243 e. The summed E-state index contributed by atoms with van der Waals surface area (Å²) in [5, 5.41) is 7.33. The molecule has 4 rings (SSSR count). The van der Waals surface area contributed by atoms with Crippen molar-refractivity contribution in [3.8, 4) is 17.0 Å². The number of aryl methyl sites for hydroxylation is 1. The first-order valence-electron chi connectivity index (χ1n) is 9.96. The number of amides is 1. The van der Waals surface area contributed by atoms with Crippen LogP contribution in [0.2, 0.25) is 0 Å². The van der Waals surface area contributed by atoms with Crippen molar-refractivity contribution in [1.82, 2.24) is 14.1 Å². The van der Waals surface area contributed by atoms with Gasteiger partial charge in [0.05, 0.1) is 29.9 Å². The first-order valence-corrected chi connectivity index (χ1v) is 11.4. The van der Waals surface area contributed by atoms with Crippen molar-refractivity contribution in [2.24, 2.45) is 0 Å². The SMILES string of the molecule is COc1cccc(-c2cc3n(n2)CCCN(S(=O)(=O)c2ccc(NC(C)=O)cc2)C3)c1. The summed E-state index contributed by atoms with van der Waals surface area (Å²) in [5.41, 5.74) is 3.10. The predicted octanol–water partition coefficient (Wildman–Crippen LogP) is 3.11. The summed E-state index contributed by atoms with van der Waals surface area (Å²) >= 11 is 0. The van der Waals surface area contributed by atoms with E-state index in [-0.39, 0.29) is 17.3 Å². The van der Waals surface area contributed by atoms with E-state index in [0.717, 1.165) is 22.7 Å². The second kappa shape index (κ2) is 8.52. The third kappa shape index (κ3) is 4.47. The molecule has 0 radical (unpaired) electrons. The molecule has 8 nitrogen and oxygen atoms in total. The van der Waals surface area contributed by atoms with Crippen LogP contribution in [0, 0.1) is 0 Å². The molecule has 2 aromatic carbocycles. The fraction of sp³-hybridized carbons (Fsp3) is 0.273. The number of carbonyl (C=O) groups is 1. The first kappa shape index (κ1) is 21.1. The third-order valence-corrected chi connectivity index (χ3v) is 7.02. The van der Waals surface area contributed by atoms with Gasteiger partial charge in [0.1, 0.15) is 5.75 Å². The zero-order valence-electron chi connectivity index (χ0n) is 17.4. The molecule has 0 fully saturated rings. The lowest BCUT2D eigenvalue weighted by molar-refractivity contribution is -0.114. The van der Waals surface area contributed by atoms with Crippen molar-refractivity contribution >= 4 is 21.6 Å². The van der Waals surface area contributed by atoms with Crippen molar-refractivity contribution in [3.05, 3.63) is 60.3 Å². The lowest BCUT2D eigenvalue weighted by Crippen LogP contribution is -2.30. The molecule has 0 unspecified atom stereocenters. The molecule has 0 atom stereocenters. The number of methoxy groups -OCH3 is 1. The van der Waals surface area contributed by atoms with E-state index in [1.165, 1.54) is 23.4 Å². The fourth-order valence-corrected chi connectivity index (χ4v) is 5.07. The van der Waals surface area contributed by atoms with Gasteiger partial charge in [0.2, 0.25) is 15.9 Å². The van der Waals surface area contributed by atoms with Crippen molar-refractivity contribution in [2.75, 3.05) is 19.0 Å². The minimum atomic E-state index is -3.68. The zero-order valence-corrected chi connectivity index (χ0v) is 18.2. The normalized spacial score (nSPS) is 14.5. The third-order valence-electron chi connectivity index (χ3n) is 5.16. The van der Waals surface area contributed by atoms with Crippen LogP contribution in [0.3, 0.4) is 0 Å². The lowest BCUT2D eigenvalue weighted by atomic mass is 10.1. The smallest absolute Gasteiger partial charge is 0.243 e. The van der Waals surface area contributed by atoms with Crippen LogP contribution in [0.1, 0.15) is 19.0 Å². The van der Waals surface area contributed by atoms with Crippen molar-refractivity contribution in [3.63, 3.8) is 0 Å². The Morgan fingerprint density at radius 1 is 1.10 bits per heavy atom. The number of sulfonamides is 1. The molecule has 0 bridgehead atoms. The van der Waals surface area contributed by atoms with Gasteiger partial charge in [-0.2, -0.15) is 9.40 Å². The van der Waals surface area contributed by atoms with Gasteiger partial charge >= 0.3 is 0 Å². The van der Waals surface area contributed by atoms with Crippen LogP contribution in [0.5, 0.6) is 5.75 Å². The van der Waals surface area contributed by atoms with E-state index in [4.69, 9.17) is 4.74 Å². The van der Waals surface area contributed by atoms with Gasteiger partial charge in [-0.25, -0.2) is 8.42 Å². The quantitative estimate of drug-likeness (QED) is 0.658. The molecule has 1 aliphatic rings. The number of aromatic nitrogens is 2. The largest absolute Gasteiger partial charge is 0.497 e. The predicted molar refractivity (Wildman–Crippen MR) is 117 cm³/mol. The second-order valence-corrected chi connectivity index (χ2v) is 9.31. The molecule has 3 aromatic rings. The summed E-state index contributed by atoms with van der Waals surface area (Å²) in [4.78, 5) is 11.4. The van der Waals surface area contributed by atoms with Crippen LogP contribution < -0.4 is 10.1 Å². The minimum absolute atomic E-state index is 0.197. The molecule has 0 spiro atoms.